The van der Waals surface area contributed by atoms with Gasteiger partial charge in [0.1, 0.15) is 23.8 Å². The first kappa shape index (κ1) is 31.7. The number of hydrogen-bond acceptors (Lipinski definition) is 5. The van der Waals surface area contributed by atoms with Crippen LogP contribution in [0.2, 0.25) is 0 Å². The molecule has 0 bridgehead atoms. The summed E-state index contributed by atoms with van der Waals surface area (Å²) >= 11 is 0. The van der Waals surface area contributed by atoms with E-state index in [0.717, 1.165) is 36.0 Å². The Morgan fingerprint density at radius 3 is 1.65 bits per heavy atom. The maximum absolute atomic E-state index is 13.5. The topological polar surface area (TPSA) is 83.8 Å². The molecule has 1 unspecified atom stereocenters. The van der Waals surface area contributed by atoms with Gasteiger partial charge in [-0.1, -0.05) is 71.6 Å². The lowest BCUT2D eigenvalue weighted by molar-refractivity contribution is -0.923. The Morgan fingerprint density at radius 1 is 0.650 bits per heavy atom. The summed E-state index contributed by atoms with van der Waals surface area (Å²) in [6.07, 6.45) is 16.3. The van der Waals surface area contributed by atoms with Crippen molar-refractivity contribution < 1.29 is 29.0 Å². The number of nitrogens with zero attached hydrogens (tertiary/aromatic N) is 1. The molecular weight excluding hydrogens is 502 g/mol. The summed E-state index contributed by atoms with van der Waals surface area (Å²) in [5, 5.41) is 21.4. The van der Waals surface area contributed by atoms with Gasteiger partial charge in [0.05, 0.1) is 38.4 Å². The normalized spacial score (nSPS) is 14.1. The van der Waals surface area contributed by atoms with Crippen molar-refractivity contribution in [3.05, 3.63) is 52.1 Å². The van der Waals surface area contributed by atoms with Gasteiger partial charge < -0.3 is 19.4 Å². The summed E-state index contributed by atoms with van der Waals surface area (Å²) in [7, 11) is 3.73. The number of benzene rings is 2. The maximum atomic E-state index is 13.5. The first-order chi connectivity index (χ1) is 19.2. The minimum atomic E-state index is -0.541. The zero-order valence-electron chi connectivity index (χ0n) is 25.2. The monoisotopic (exact) mass is 552 g/mol. The molecule has 0 radical (unpaired) electrons. The van der Waals surface area contributed by atoms with Crippen LogP contribution >= 0.6 is 0 Å². The molecule has 0 fully saturated rings. The highest BCUT2D eigenvalue weighted by atomic mass is 16.5. The number of unbranched alkanes of at least 4 members (excludes halogenated alkanes) is 11. The summed E-state index contributed by atoms with van der Waals surface area (Å²) in [5.41, 5.74) is 1.05. The molecule has 1 aliphatic rings. The third-order valence-corrected chi connectivity index (χ3v) is 8.36. The van der Waals surface area contributed by atoms with Gasteiger partial charge >= 0.3 is 0 Å². The molecule has 3 rings (SSSR count). The first-order valence-electron chi connectivity index (χ1n) is 15.4. The van der Waals surface area contributed by atoms with Gasteiger partial charge in [-0.25, -0.2) is 0 Å². The SMILES string of the molecule is CCCCCCCCC[N+](C)(CCCCCCCC)Cc1cc(O)c2c(c1)C(=O)c1cc(OC)cc(O)c1C2=O. The second kappa shape index (κ2) is 15.2. The van der Waals surface area contributed by atoms with Crippen LogP contribution in [0.4, 0.5) is 0 Å². The van der Waals surface area contributed by atoms with E-state index in [4.69, 9.17) is 4.74 Å². The van der Waals surface area contributed by atoms with Crippen molar-refractivity contribution in [1.82, 2.24) is 0 Å². The summed E-state index contributed by atoms with van der Waals surface area (Å²) in [6, 6.07) is 6.21. The summed E-state index contributed by atoms with van der Waals surface area (Å²) in [6.45, 7) is 7.25. The van der Waals surface area contributed by atoms with Gasteiger partial charge in [-0.3, -0.25) is 9.59 Å². The number of carbonyl (C=O) groups excluding carboxylic acids is 2. The van der Waals surface area contributed by atoms with Crippen molar-refractivity contribution in [2.24, 2.45) is 0 Å². The highest BCUT2D eigenvalue weighted by molar-refractivity contribution is 6.30. The number of ketones is 2. The number of carbonyl (C=O) groups is 2. The molecule has 40 heavy (non-hydrogen) atoms. The van der Waals surface area contributed by atoms with Crippen LogP contribution in [0, 0.1) is 0 Å². The molecule has 0 spiro atoms. The van der Waals surface area contributed by atoms with E-state index in [1.54, 1.807) is 12.1 Å². The van der Waals surface area contributed by atoms with Crippen molar-refractivity contribution in [2.45, 2.75) is 104 Å². The number of quaternary nitrogens is 1. The van der Waals surface area contributed by atoms with Crippen LogP contribution in [0.3, 0.4) is 0 Å². The fourth-order valence-electron chi connectivity index (χ4n) is 6.04. The minimum Gasteiger partial charge on any atom is -0.507 e. The molecule has 0 saturated carbocycles. The van der Waals surface area contributed by atoms with Crippen LogP contribution < -0.4 is 4.74 Å². The third kappa shape index (κ3) is 8.09. The van der Waals surface area contributed by atoms with Gasteiger partial charge in [0, 0.05) is 22.8 Å². The zero-order valence-corrected chi connectivity index (χ0v) is 25.2. The highest BCUT2D eigenvalue weighted by Gasteiger charge is 2.36. The van der Waals surface area contributed by atoms with Gasteiger partial charge in [0.2, 0.25) is 5.78 Å². The molecule has 2 aromatic carbocycles. The molecule has 0 aliphatic heterocycles. The van der Waals surface area contributed by atoms with Crippen LogP contribution in [0.15, 0.2) is 24.3 Å². The van der Waals surface area contributed by atoms with Gasteiger partial charge in [-0.05, 0) is 43.9 Å². The van der Waals surface area contributed by atoms with E-state index in [1.165, 1.54) is 89.9 Å². The molecule has 6 nitrogen and oxygen atoms in total. The zero-order chi connectivity index (χ0) is 29.1. The van der Waals surface area contributed by atoms with Gasteiger partial charge in [0.25, 0.3) is 0 Å². The molecule has 0 amide bonds. The van der Waals surface area contributed by atoms with Gasteiger partial charge in [-0.2, -0.15) is 0 Å². The Bertz CT molecular complexity index is 1160. The summed E-state index contributed by atoms with van der Waals surface area (Å²) in [5.74, 6) is -1.14. The average molecular weight is 553 g/mol. The average Bonchev–Trinajstić information content (AvgIpc) is 2.92. The van der Waals surface area contributed by atoms with Crippen molar-refractivity contribution in [2.75, 3.05) is 27.2 Å². The minimum absolute atomic E-state index is 0.0288. The summed E-state index contributed by atoms with van der Waals surface area (Å²) < 4.78 is 6.05. The Balaban J connectivity index is 1.79. The second-order valence-corrected chi connectivity index (χ2v) is 11.9. The van der Waals surface area contributed by atoms with Crippen molar-refractivity contribution in [3.63, 3.8) is 0 Å². The number of fused-ring (bicyclic) bond motifs is 2. The lowest BCUT2D eigenvalue weighted by atomic mass is 9.82. The Hall–Kier alpha value is -2.86. The number of aromatic hydroxyl groups is 2. The van der Waals surface area contributed by atoms with E-state index < -0.39 is 5.78 Å². The van der Waals surface area contributed by atoms with E-state index in [2.05, 4.69) is 20.9 Å². The standard InChI is InChI=1S/C34H49NO5/c1-5-7-9-11-13-15-17-19-35(3,18-16-14-12-10-8-6-2)24-25-20-27-31(29(36)21-25)34(39)32-28(33(27)38)22-26(40-4)23-30(32)37/h20-23H,5-19,24H2,1-4H3,(H-,36,37,39)/p+1. The molecule has 220 valence electrons. The van der Waals surface area contributed by atoms with Gasteiger partial charge in [-0.15, -0.1) is 0 Å². The van der Waals surface area contributed by atoms with Crippen molar-refractivity contribution in [3.8, 4) is 17.2 Å². The van der Waals surface area contributed by atoms with Crippen LogP contribution in [0.1, 0.15) is 135 Å². The maximum Gasteiger partial charge on any atom is 0.201 e. The van der Waals surface area contributed by atoms with Crippen LogP contribution in [0.5, 0.6) is 17.2 Å². The van der Waals surface area contributed by atoms with E-state index in [9.17, 15) is 19.8 Å². The molecule has 0 heterocycles. The second-order valence-electron chi connectivity index (χ2n) is 11.9. The molecule has 1 aliphatic carbocycles. The smallest absolute Gasteiger partial charge is 0.201 e. The van der Waals surface area contributed by atoms with Crippen LogP contribution in [-0.2, 0) is 6.54 Å². The third-order valence-electron chi connectivity index (χ3n) is 8.36. The molecule has 0 saturated heterocycles. The van der Waals surface area contributed by atoms with Crippen LogP contribution in [-0.4, -0.2) is 53.5 Å². The molecule has 2 N–H and O–H groups in total. The Kier molecular flexibility index (Phi) is 12.1. The molecular formula is C34H50NO5+. The highest BCUT2D eigenvalue weighted by Crippen LogP contribution is 2.39. The fraction of sp³-hybridized carbons (Fsp3) is 0.588. The van der Waals surface area contributed by atoms with E-state index >= 15 is 0 Å². The van der Waals surface area contributed by atoms with Crippen LogP contribution in [0.25, 0.3) is 0 Å². The lowest BCUT2D eigenvalue weighted by Gasteiger charge is -2.35. The number of methoxy groups -OCH3 is 1. The largest absolute Gasteiger partial charge is 0.507 e. The molecule has 0 aromatic heterocycles. The predicted octanol–water partition coefficient (Wildman–Crippen LogP) is 7.94. The number of ether oxygens (including phenoxy) is 1. The van der Waals surface area contributed by atoms with Crippen molar-refractivity contribution >= 4 is 11.6 Å². The Morgan fingerprint density at radius 2 is 1.12 bits per heavy atom. The number of phenolic OH excluding ortho intramolecular Hbond substituents is 2. The summed E-state index contributed by atoms with van der Waals surface area (Å²) in [4.78, 5) is 26.8. The molecule has 1 atom stereocenters. The first-order valence-corrected chi connectivity index (χ1v) is 15.4. The number of hydrogen-bond donors (Lipinski definition) is 2. The number of phenols is 2. The van der Waals surface area contributed by atoms with E-state index in [0.29, 0.717) is 12.3 Å². The fourth-order valence-corrected chi connectivity index (χ4v) is 6.04. The van der Waals surface area contributed by atoms with E-state index in [-0.39, 0.29) is 39.5 Å². The molecule has 6 heteroatoms. The lowest BCUT2D eigenvalue weighted by Crippen LogP contribution is -2.44. The van der Waals surface area contributed by atoms with Gasteiger partial charge in [0.15, 0.2) is 5.78 Å². The number of rotatable bonds is 18. The molecule has 2 aromatic rings. The van der Waals surface area contributed by atoms with E-state index in [1.807, 2.05) is 0 Å². The Labute approximate surface area is 241 Å². The van der Waals surface area contributed by atoms with Crippen molar-refractivity contribution in [1.29, 1.82) is 0 Å². The quantitative estimate of drug-likeness (QED) is 0.124. The predicted molar refractivity (Wildman–Crippen MR) is 161 cm³/mol.